The highest BCUT2D eigenvalue weighted by molar-refractivity contribution is 6.04. The van der Waals surface area contributed by atoms with Crippen molar-refractivity contribution in [1.82, 2.24) is 10.2 Å². The molecule has 0 aromatic heterocycles. The number of hydrogen-bond acceptors (Lipinski definition) is 4. The second kappa shape index (κ2) is 10.1. The molecule has 2 bridgehead atoms. The number of carbonyl (C=O) groups is 2. The van der Waals surface area contributed by atoms with Crippen LogP contribution in [0.5, 0.6) is 0 Å². The number of carbonyl (C=O) groups excluding carboxylic acids is 2. The Kier molecular flexibility index (Phi) is 6.55. The molecule has 2 heterocycles. The maximum absolute atomic E-state index is 13.8. The van der Waals surface area contributed by atoms with Crippen molar-refractivity contribution in [1.29, 1.82) is 0 Å². The summed E-state index contributed by atoms with van der Waals surface area (Å²) in [6.45, 7) is 6.21. The molecule has 6 atom stereocenters. The van der Waals surface area contributed by atoms with Crippen molar-refractivity contribution >= 4 is 23.3 Å². The van der Waals surface area contributed by atoms with Crippen molar-refractivity contribution in [2.75, 3.05) is 7.11 Å². The Hall–Kier alpha value is -3.41. The molecule has 0 radical (unpaired) electrons. The maximum Gasteiger partial charge on any atom is 0.407 e. The molecule has 0 spiro atoms. The highest BCUT2D eigenvalue weighted by Crippen LogP contribution is 2.54. The summed E-state index contributed by atoms with van der Waals surface area (Å²) >= 11 is 0. The smallest absolute Gasteiger partial charge is 0.407 e. The SMILES string of the molecule is COC(=O)N[C@H](C(=O)N1C2CCC(C2)[C@H]1C1=NC=C(c2ccc(-c3ccc(C)c4c3CC3CCC43)cc2)C1)C(C)C. The Balaban J connectivity index is 1.08. The zero-order valence-electron chi connectivity index (χ0n) is 24.7. The monoisotopic (exact) mass is 551 g/mol. The van der Waals surface area contributed by atoms with Gasteiger partial charge in [0, 0.05) is 24.4 Å². The first kappa shape index (κ1) is 26.5. The van der Waals surface area contributed by atoms with Crippen LogP contribution >= 0.6 is 0 Å². The molecule has 2 saturated carbocycles. The lowest BCUT2D eigenvalue weighted by atomic mass is 9.73. The van der Waals surface area contributed by atoms with Gasteiger partial charge in [0.1, 0.15) is 6.04 Å². The van der Waals surface area contributed by atoms with Gasteiger partial charge in [-0.25, -0.2) is 4.79 Å². The Bertz CT molecular complexity index is 1460. The number of hydrogen-bond donors (Lipinski definition) is 1. The number of alkyl carbamates (subject to hydrolysis) is 1. The highest BCUT2D eigenvalue weighted by atomic mass is 16.5. The molecule has 2 aromatic rings. The van der Waals surface area contributed by atoms with Gasteiger partial charge >= 0.3 is 6.09 Å². The zero-order chi connectivity index (χ0) is 28.4. The fourth-order valence-electron chi connectivity index (χ4n) is 8.51. The number of fused-ring (bicyclic) bond motifs is 5. The van der Waals surface area contributed by atoms with Crippen LogP contribution in [0.1, 0.15) is 80.5 Å². The standard InChI is InChI=1S/C35H41N3O3/c1-19(2)32(37-35(40)41-4)34(39)38-26-12-10-24(15-26)33(38)30-17-25(18-36-30)21-6-8-22(9-7-21)27-13-5-20(3)31-28-14-11-23(28)16-29(27)31/h5-9,13,18-19,23-24,26,28,32-33H,10-12,14-17H2,1-4H3,(H,37,40)/t23?,24?,26?,28?,32-,33-/m0/s1. The van der Waals surface area contributed by atoms with Gasteiger partial charge in [-0.1, -0.05) is 50.2 Å². The number of nitrogens with zero attached hydrogens (tertiary/aromatic N) is 2. The highest BCUT2D eigenvalue weighted by Gasteiger charge is 2.52. The number of ether oxygens (including phenoxy) is 1. The predicted molar refractivity (Wildman–Crippen MR) is 162 cm³/mol. The quantitative estimate of drug-likeness (QED) is 0.437. The number of rotatable bonds is 6. The van der Waals surface area contributed by atoms with Gasteiger partial charge in [0.2, 0.25) is 5.91 Å². The lowest BCUT2D eigenvalue weighted by Gasteiger charge is -2.38. The number of aryl methyl sites for hydroxylation is 1. The van der Waals surface area contributed by atoms with E-state index in [1.165, 1.54) is 54.2 Å². The van der Waals surface area contributed by atoms with E-state index in [1.54, 1.807) is 11.1 Å². The fourth-order valence-corrected chi connectivity index (χ4v) is 8.51. The third-order valence-corrected chi connectivity index (χ3v) is 10.7. The first-order valence-electron chi connectivity index (χ1n) is 15.5. The van der Waals surface area contributed by atoms with Crippen LogP contribution in [0, 0.1) is 24.7 Å². The maximum atomic E-state index is 13.8. The summed E-state index contributed by atoms with van der Waals surface area (Å²) in [4.78, 5) is 32.8. The van der Waals surface area contributed by atoms with Gasteiger partial charge in [-0.05, 0) is 108 Å². The van der Waals surface area contributed by atoms with Crippen molar-refractivity contribution in [3.05, 3.63) is 64.9 Å². The number of nitrogens with one attached hydrogen (secondary N) is 1. The van der Waals surface area contributed by atoms with Crippen LogP contribution < -0.4 is 5.32 Å². The van der Waals surface area contributed by atoms with E-state index in [2.05, 4.69) is 53.5 Å². The third-order valence-electron chi connectivity index (χ3n) is 10.7. The molecule has 1 saturated heterocycles. The van der Waals surface area contributed by atoms with Crippen molar-refractivity contribution in [2.24, 2.45) is 22.7 Å². The van der Waals surface area contributed by atoms with Gasteiger partial charge in [-0.3, -0.25) is 9.79 Å². The van der Waals surface area contributed by atoms with Gasteiger partial charge < -0.3 is 15.0 Å². The molecular formula is C35H41N3O3. The number of piperidine rings is 1. The zero-order valence-corrected chi connectivity index (χ0v) is 24.7. The second-order valence-corrected chi connectivity index (χ2v) is 13.3. The topological polar surface area (TPSA) is 71.0 Å². The molecule has 214 valence electrons. The van der Waals surface area contributed by atoms with E-state index in [4.69, 9.17) is 9.73 Å². The molecule has 3 aliphatic carbocycles. The van der Waals surface area contributed by atoms with Gasteiger partial charge in [0.25, 0.3) is 0 Å². The molecule has 6 heteroatoms. The lowest BCUT2D eigenvalue weighted by Crippen LogP contribution is -2.57. The van der Waals surface area contributed by atoms with Crippen LogP contribution in [0.3, 0.4) is 0 Å². The van der Waals surface area contributed by atoms with Gasteiger partial charge in [-0.15, -0.1) is 0 Å². The fraction of sp³-hybridized carbons (Fsp3) is 0.514. The average molecular weight is 552 g/mol. The van der Waals surface area contributed by atoms with E-state index < -0.39 is 12.1 Å². The first-order valence-corrected chi connectivity index (χ1v) is 15.5. The number of allylic oxidation sites excluding steroid dienone is 1. The minimum Gasteiger partial charge on any atom is -0.453 e. The summed E-state index contributed by atoms with van der Waals surface area (Å²) in [7, 11) is 1.33. The molecule has 4 unspecified atom stereocenters. The van der Waals surface area contributed by atoms with E-state index in [0.29, 0.717) is 5.92 Å². The van der Waals surface area contributed by atoms with Crippen LogP contribution in [-0.2, 0) is 16.0 Å². The number of likely N-dealkylation sites (tertiary alicyclic amines) is 1. The molecule has 5 aliphatic rings. The molecule has 3 fully saturated rings. The van der Waals surface area contributed by atoms with Crippen molar-refractivity contribution in [3.63, 3.8) is 0 Å². The van der Waals surface area contributed by atoms with Crippen LogP contribution in [0.25, 0.3) is 16.7 Å². The molecule has 2 aliphatic heterocycles. The Morgan fingerprint density at radius 1 is 1.00 bits per heavy atom. The summed E-state index contributed by atoms with van der Waals surface area (Å²) in [5.41, 5.74) is 10.9. The summed E-state index contributed by atoms with van der Waals surface area (Å²) in [6.07, 6.45) is 9.33. The first-order chi connectivity index (χ1) is 19.8. The van der Waals surface area contributed by atoms with E-state index in [0.717, 1.165) is 43.2 Å². The number of methoxy groups -OCH3 is 1. The second-order valence-electron chi connectivity index (χ2n) is 13.3. The van der Waals surface area contributed by atoms with Crippen LogP contribution in [0.2, 0.25) is 0 Å². The number of aliphatic imine (C=N–C) groups is 1. The number of amides is 2. The molecule has 41 heavy (non-hydrogen) atoms. The predicted octanol–water partition coefficient (Wildman–Crippen LogP) is 6.66. The van der Waals surface area contributed by atoms with Gasteiger partial charge in [0.15, 0.2) is 0 Å². The summed E-state index contributed by atoms with van der Waals surface area (Å²) in [5.74, 6) is 2.02. The minimum absolute atomic E-state index is 0.000450. The normalized spacial score (nSPS) is 28.1. The molecule has 1 N–H and O–H groups in total. The van der Waals surface area contributed by atoms with Gasteiger partial charge in [-0.2, -0.15) is 0 Å². The molecule has 7 rings (SSSR count). The van der Waals surface area contributed by atoms with Gasteiger partial charge in [0.05, 0.1) is 13.2 Å². The molecule has 2 aromatic carbocycles. The molecule has 6 nitrogen and oxygen atoms in total. The summed E-state index contributed by atoms with van der Waals surface area (Å²) in [5, 5.41) is 2.79. The van der Waals surface area contributed by atoms with E-state index in [9.17, 15) is 9.59 Å². The van der Waals surface area contributed by atoms with E-state index >= 15 is 0 Å². The largest absolute Gasteiger partial charge is 0.453 e. The average Bonchev–Trinajstić information content (AvgIpc) is 3.75. The van der Waals surface area contributed by atoms with E-state index in [1.807, 2.05) is 20.0 Å². The Labute approximate surface area is 243 Å². The van der Waals surface area contributed by atoms with Crippen LogP contribution in [0.15, 0.2) is 47.6 Å². The third kappa shape index (κ3) is 4.33. The summed E-state index contributed by atoms with van der Waals surface area (Å²) in [6, 6.07) is 13.3. The Morgan fingerprint density at radius 2 is 1.76 bits per heavy atom. The van der Waals surface area contributed by atoms with Crippen molar-refractivity contribution < 1.29 is 14.3 Å². The molecule has 2 amide bonds. The van der Waals surface area contributed by atoms with Crippen LogP contribution in [-0.4, -0.2) is 47.8 Å². The lowest BCUT2D eigenvalue weighted by molar-refractivity contribution is -0.137. The summed E-state index contributed by atoms with van der Waals surface area (Å²) < 4.78 is 4.82. The van der Waals surface area contributed by atoms with Crippen LogP contribution in [0.4, 0.5) is 4.79 Å². The minimum atomic E-state index is -0.607. The van der Waals surface area contributed by atoms with E-state index in [-0.39, 0.29) is 23.9 Å². The van der Waals surface area contributed by atoms with Crippen molar-refractivity contribution in [3.8, 4) is 11.1 Å². The Morgan fingerprint density at radius 3 is 2.46 bits per heavy atom. The number of benzene rings is 2. The van der Waals surface area contributed by atoms with Crippen molar-refractivity contribution in [2.45, 2.75) is 89.8 Å². The molecular weight excluding hydrogens is 510 g/mol.